The van der Waals surface area contributed by atoms with Crippen molar-refractivity contribution in [1.29, 1.82) is 0 Å². The van der Waals surface area contributed by atoms with Gasteiger partial charge in [0, 0.05) is 0 Å². The Morgan fingerprint density at radius 2 is 2.16 bits per heavy atom. The molecular formula is C10H11IN4O4. The fourth-order valence-electron chi connectivity index (χ4n) is 1.16. The Kier molecular flexibility index (Phi) is 5.51. The predicted molar refractivity (Wildman–Crippen MR) is 75.4 cm³/mol. The molecule has 0 aromatic heterocycles. The third-order valence-corrected chi connectivity index (χ3v) is 2.77. The van der Waals surface area contributed by atoms with E-state index in [1.54, 1.807) is 11.5 Å². The van der Waals surface area contributed by atoms with E-state index in [1.165, 1.54) is 19.4 Å². The predicted octanol–water partition coefficient (Wildman–Crippen LogP) is -0.555. The van der Waals surface area contributed by atoms with E-state index in [9.17, 15) is 14.7 Å². The van der Waals surface area contributed by atoms with Crippen LogP contribution in [-0.2, 0) is 9.59 Å². The van der Waals surface area contributed by atoms with E-state index in [2.05, 4.69) is 5.10 Å². The van der Waals surface area contributed by atoms with Crippen LogP contribution in [0.25, 0.3) is 0 Å². The summed E-state index contributed by atoms with van der Waals surface area (Å²) >= 11 is 1.98. The number of nitrogens with one attached hydrogen (secondary N) is 2. The van der Waals surface area contributed by atoms with E-state index in [0.717, 1.165) is 0 Å². The maximum absolute atomic E-state index is 11.0. The largest absolute Gasteiger partial charge is 0.504 e. The Balaban J connectivity index is 2.78. The maximum atomic E-state index is 11.0. The van der Waals surface area contributed by atoms with Crippen LogP contribution < -0.4 is 21.4 Å². The number of nitrogens with zero attached hydrogens (tertiary/aromatic N) is 1. The highest BCUT2D eigenvalue weighted by Gasteiger charge is 2.10. The van der Waals surface area contributed by atoms with Crippen LogP contribution in [0.2, 0.25) is 0 Å². The summed E-state index contributed by atoms with van der Waals surface area (Å²) in [5.41, 5.74) is 4.16. The standard InChI is InChI=1S/C10H11IN4O4/c1-19-8-6(11)2-5(3-7(8)16)4-13-15-10(18)9(17)14-12/h2-4,16H,12H2,1H3,(H,14,17)(H,15,18). The number of nitrogens with two attached hydrogens (primary N) is 1. The fraction of sp³-hybridized carbons (Fsp3) is 0.100. The lowest BCUT2D eigenvalue weighted by Gasteiger charge is -2.06. The SMILES string of the molecule is COc1c(O)cc(C=NNC(=O)C(=O)NN)cc1I. The second kappa shape index (κ2) is 6.89. The number of methoxy groups -OCH3 is 1. The van der Waals surface area contributed by atoms with Crippen molar-refractivity contribution in [3.8, 4) is 11.5 Å². The molecule has 102 valence electrons. The van der Waals surface area contributed by atoms with Crippen molar-refractivity contribution in [3.05, 3.63) is 21.3 Å². The molecule has 1 aromatic rings. The molecule has 1 rings (SSSR count). The van der Waals surface area contributed by atoms with Gasteiger partial charge >= 0.3 is 11.8 Å². The normalized spacial score (nSPS) is 10.3. The minimum absolute atomic E-state index is 0.0538. The van der Waals surface area contributed by atoms with Gasteiger partial charge < -0.3 is 9.84 Å². The van der Waals surface area contributed by atoms with Gasteiger partial charge in [-0.05, 0) is 40.3 Å². The van der Waals surface area contributed by atoms with Crippen molar-refractivity contribution >= 4 is 40.6 Å². The molecule has 0 radical (unpaired) electrons. The van der Waals surface area contributed by atoms with Crippen molar-refractivity contribution < 1.29 is 19.4 Å². The molecule has 0 heterocycles. The summed E-state index contributed by atoms with van der Waals surface area (Å²) < 4.78 is 5.65. The van der Waals surface area contributed by atoms with Gasteiger partial charge in [-0.15, -0.1) is 0 Å². The average molecular weight is 378 g/mol. The lowest BCUT2D eigenvalue weighted by Crippen LogP contribution is -2.41. The Morgan fingerprint density at radius 1 is 1.47 bits per heavy atom. The van der Waals surface area contributed by atoms with Crippen LogP contribution in [-0.4, -0.2) is 30.2 Å². The Morgan fingerprint density at radius 3 is 2.68 bits per heavy atom. The summed E-state index contributed by atoms with van der Waals surface area (Å²) in [6.07, 6.45) is 1.27. The van der Waals surface area contributed by atoms with Gasteiger partial charge in [0.05, 0.1) is 16.9 Å². The molecule has 5 N–H and O–H groups in total. The first-order valence-corrected chi connectivity index (χ1v) is 5.98. The molecule has 9 heteroatoms. The summed E-state index contributed by atoms with van der Waals surface area (Å²) in [5.74, 6) is 3.06. The van der Waals surface area contributed by atoms with Gasteiger partial charge in [0.2, 0.25) is 0 Å². The van der Waals surface area contributed by atoms with Crippen molar-refractivity contribution in [2.75, 3.05) is 7.11 Å². The van der Waals surface area contributed by atoms with Crippen LogP contribution in [0.1, 0.15) is 5.56 Å². The quantitative estimate of drug-likeness (QED) is 0.140. The number of amides is 2. The first-order chi connectivity index (χ1) is 8.99. The van der Waals surface area contributed by atoms with Crippen LogP contribution in [0.5, 0.6) is 11.5 Å². The first-order valence-electron chi connectivity index (χ1n) is 4.90. The lowest BCUT2D eigenvalue weighted by atomic mass is 10.2. The van der Waals surface area contributed by atoms with E-state index < -0.39 is 11.8 Å². The number of halogens is 1. The number of phenolic OH excluding ortho intramolecular Hbond substituents is 1. The number of carbonyl (C=O) groups is 2. The zero-order valence-electron chi connectivity index (χ0n) is 9.81. The number of hydrogen-bond acceptors (Lipinski definition) is 6. The van der Waals surface area contributed by atoms with Gasteiger partial charge in [-0.1, -0.05) is 0 Å². The first kappa shape index (κ1) is 15.2. The number of ether oxygens (including phenoxy) is 1. The molecular weight excluding hydrogens is 367 g/mol. The van der Waals surface area contributed by atoms with Crippen LogP contribution in [0.3, 0.4) is 0 Å². The molecule has 0 spiro atoms. The van der Waals surface area contributed by atoms with E-state index >= 15 is 0 Å². The van der Waals surface area contributed by atoms with Crippen molar-refractivity contribution in [2.24, 2.45) is 10.9 Å². The number of hydrazone groups is 1. The summed E-state index contributed by atoms with van der Waals surface area (Å²) in [6.45, 7) is 0. The zero-order valence-corrected chi connectivity index (χ0v) is 12.0. The zero-order chi connectivity index (χ0) is 14.4. The van der Waals surface area contributed by atoms with Gasteiger partial charge in [-0.3, -0.25) is 15.0 Å². The van der Waals surface area contributed by atoms with E-state index in [-0.39, 0.29) is 5.75 Å². The minimum atomic E-state index is -1.01. The number of rotatable bonds is 3. The lowest BCUT2D eigenvalue weighted by molar-refractivity contribution is -0.139. The second-order valence-corrected chi connectivity index (χ2v) is 4.39. The summed E-state index contributed by atoms with van der Waals surface area (Å²) in [6, 6.07) is 3.08. The van der Waals surface area contributed by atoms with E-state index in [0.29, 0.717) is 14.9 Å². The second-order valence-electron chi connectivity index (χ2n) is 3.23. The summed E-state index contributed by atoms with van der Waals surface area (Å²) in [7, 11) is 1.44. The Hall–Kier alpha value is -1.88. The average Bonchev–Trinajstić information content (AvgIpc) is 2.37. The van der Waals surface area contributed by atoms with Crippen LogP contribution >= 0.6 is 22.6 Å². The molecule has 19 heavy (non-hydrogen) atoms. The molecule has 0 aliphatic carbocycles. The third kappa shape index (κ3) is 4.06. The van der Waals surface area contributed by atoms with Gasteiger partial charge in [0.1, 0.15) is 0 Å². The van der Waals surface area contributed by atoms with Gasteiger partial charge in [0.25, 0.3) is 0 Å². The highest BCUT2D eigenvalue weighted by atomic mass is 127. The third-order valence-electron chi connectivity index (χ3n) is 1.97. The number of aromatic hydroxyl groups is 1. The van der Waals surface area contributed by atoms with Crippen LogP contribution in [0.4, 0.5) is 0 Å². The molecule has 0 saturated heterocycles. The molecule has 0 bridgehead atoms. The number of hydrogen-bond donors (Lipinski definition) is 4. The minimum Gasteiger partial charge on any atom is -0.504 e. The topological polar surface area (TPSA) is 126 Å². The summed E-state index contributed by atoms with van der Waals surface area (Å²) in [4.78, 5) is 21.8. The monoisotopic (exact) mass is 378 g/mol. The molecule has 0 fully saturated rings. The fourth-order valence-corrected chi connectivity index (χ4v) is 2.01. The number of carbonyl (C=O) groups excluding carboxylic acids is 2. The molecule has 8 nitrogen and oxygen atoms in total. The van der Waals surface area contributed by atoms with Crippen molar-refractivity contribution in [2.45, 2.75) is 0 Å². The molecule has 0 aliphatic heterocycles. The Labute approximate surface area is 122 Å². The molecule has 0 atom stereocenters. The van der Waals surface area contributed by atoms with Crippen molar-refractivity contribution in [3.63, 3.8) is 0 Å². The molecule has 2 amide bonds. The number of hydrazine groups is 1. The molecule has 0 aliphatic rings. The molecule has 0 saturated carbocycles. The number of phenols is 1. The highest BCUT2D eigenvalue weighted by Crippen LogP contribution is 2.31. The van der Waals surface area contributed by atoms with Crippen molar-refractivity contribution in [1.82, 2.24) is 10.9 Å². The van der Waals surface area contributed by atoms with E-state index in [4.69, 9.17) is 10.6 Å². The van der Waals surface area contributed by atoms with Gasteiger partial charge in [-0.2, -0.15) is 5.10 Å². The molecule has 0 unspecified atom stereocenters. The molecule has 1 aromatic carbocycles. The van der Waals surface area contributed by atoms with Gasteiger partial charge in [-0.25, -0.2) is 11.3 Å². The summed E-state index contributed by atoms with van der Waals surface area (Å²) in [5, 5.41) is 13.2. The van der Waals surface area contributed by atoms with Gasteiger partial charge in [0.15, 0.2) is 11.5 Å². The maximum Gasteiger partial charge on any atom is 0.330 e. The van der Waals surface area contributed by atoms with E-state index in [1.807, 2.05) is 28.0 Å². The highest BCUT2D eigenvalue weighted by molar-refractivity contribution is 14.1. The van der Waals surface area contributed by atoms with Crippen LogP contribution in [0.15, 0.2) is 17.2 Å². The number of benzene rings is 1. The Bertz CT molecular complexity index is 509. The smallest absolute Gasteiger partial charge is 0.330 e. The van der Waals surface area contributed by atoms with Crippen LogP contribution in [0, 0.1) is 3.57 Å².